The molecule has 27 heavy (non-hydrogen) atoms. The van der Waals surface area contributed by atoms with Crippen LogP contribution < -0.4 is 0 Å². The number of hydrogen-bond acceptors (Lipinski definition) is 4. The Bertz CT molecular complexity index is 711. The van der Waals surface area contributed by atoms with Crippen molar-refractivity contribution in [2.24, 2.45) is 0 Å². The lowest BCUT2D eigenvalue weighted by atomic mass is 10.1. The maximum Gasteiger partial charge on any atom is 0.255 e. The molecule has 5 heteroatoms. The Balaban J connectivity index is 1.65. The fourth-order valence-electron chi connectivity index (χ4n) is 3.48. The van der Waals surface area contributed by atoms with Gasteiger partial charge in [-0.3, -0.25) is 14.8 Å². The molecule has 0 aliphatic carbocycles. The predicted molar refractivity (Wildman–Crippen MR) is 107 cm³/mol. The molecule has 0 N–H and O–H groups in total. The van der Waals surface area contributed by atoms with E-state index in [0.717, 1.165) is 30.6 Å². The summed E-state index contributed by atoms with van der Waals surface area (Å²) in [5.41, 5.74) is 2.81. The van der Waals surface area contributed by atoms with E-state index in [2.05, 4.69) is 28.7 Å². The number of aromatic nitrogens is 2. The highest BCUT2D eigenvalue weighted by Gasteiger charge is 2.21. The van der Waals surface area contributed by atoms with Gasteiger partial charge in [-0.15, -0.1) is 0 Å². The number of amides is 1. The van der Waals surface area contributed by atoms with Crippen molar-refractivity contribution in [2.45, 2.75) is 52.1 Å². The van der Waals surface area contributed by atoms with Crippen LogP contribution >= 0.6 is 0 Å². The third-order valence-electron chi connectivity index (χ3n) is 5.44. The van der Waals surface area contributed by atoms with Crippen LogP contribution in [0.5, 0.6) is 0 Å². The molecule has 5 nitrogen and oxygen atoms in total. The van der Waals surface area contributed by atoms with Gasteiger partial charge in [0.05, 0.1) is 5.56 Å². The molecule has 0 radical (unpaired) electrons. The zero-order valence-corrected chi connectivity index (χ0v) is 16.5. The molecule has 144 valence electrons. The summed E-state index contributed by atoms with van der Waals surface area (Å²) in [4.78, 5) is 26.1. The average Bonchev–Trinajstić information content (AvgIpc) is 3.24. The lowest BCUT2D eigenvalue weighted by molar-refractivity contribution is 0.0671. The van der Waals surface area contributed by atoms with Crippen LogP contribution in [0.25, 0.3) is 0 Å². The molecule has 1 aliphatic rings. The molecule has 1 aliphatic heterocycles. The Morgan fingerprint density at radius 3 is 2.56 bits per heavy atom. The second-order valence-electron chi connectivity index (χ2n) is 7.38. The molecule has 1 saturated heterocycles. The largest absolute Gasteiger partial charge is 0.332 e. The van der Waals surface area contributed by atoms with Gasteiger partial charge >= 0.3 is 0 Å². The number of likely N-dealkylation sites (tertiary alicyclic amines) is 1. The molecule has 1 atom stereocenters. The summed E-state index contributed by atoms with van der Waals surface area (Å²) in [6, 6.07) is 8.02. The van der Waals surface area contributed by atoms with E-state index >= 15 is 0 Å². The highest BCUT2D eigenvalue weighted by Crippen LogP contribution is 2.15. The first-order chi connectivity index (χ1) is 13.2. The van der Waals surface area contributed by atoms with Crippen LogP contribution in [0.3, 0.4) is 0 Å². The Morgan fingerprint density at radius 1 is 1.19 bits per heavy atom. The quantitative estimate of drug-likeness (QED) is 0.717. The Morgan fingerprint density at radius 2 is 1.93 bits per heavy atom. The molecular formula is C22H30N4O. The first-order valence-electron chi connectivity index (χ1n) is 10.0. The highest BCUT2D eigenvalue weighted by atomic mass is 16.2. The summed E-state index contributed by atoms with van der Waals surface area (Å²) in [6.07, 6.45) is 9.76. The summed E-state index contributed by atoms with van der Waals surface area (Å²) in [7, 11) is 0. The lowest BCUT2D eigenvalue weighted by Crippen LogP contribution is -2.37. The van der Waals surface area contributed by atoms with Crippen LogP contribution in [-0.4, -0.2) is 51.4 Å². The molecule has 3 rings (SSSR count). The van der Waals surface area contributed by atoms with Crippen molar-refractivity contribution in [3.8, 4) is 0 Å². The van der Waals surface area contributed by atoms with Crippen molar-refractivity contribution in [3.05, 3.63) is 59.7 Å². The van der Waals surface area contributed by atoms with Gasteiger partial charge in [0, 0.05) is 49.8 Å². The minimum absolute atomic E-state index is 0.0414. The summed E-state index contributed by atoms with van der Waals surface area (Å²) in [5.74, 6) is 0.0414. The van der Waals surface area contributed by atoms with Crippen LogP contribution in [0.2, 0.25) is 0 Å². The first kappa shape index (κ1) is 19.5. The summed E-state index contributed by atoms with van der Waals surface area (Å²) in [5, 5.41) is 0. The van der Waals surface area contributed by atoms with E-state index in [9.17, 15) is 4.79 Å². The number of carbonyl (C=O) groups is 1. The second kappa shape index (κ2) is 9.60. The normalized spacial score (nSPS) is 15.6. The van der Waals surface area contributed by atoms with E-state index in [0.29, 0.717) is 12.1 Å². The zero-order chi connectivity index (χ0) is 19.1. The third-order valence-corrected chi connectivity index (χ3v) is 5.44. The average molecular weight is 367 g/mol. The van der Waals surface area contributed by atoms with Crippen LogP contribution in [0, 0.1) is 0 Å². The van der Waals surface area contributed by atoms with Crippen molar-refractivity contribution < 1.29 is 4.79 Å². The number of nitrogens with zero attached hydrogens (tertiary/aromatic N) is 4. The van der Waals surface area contributed by atoms with Gasteiger partial charge in [-0.2, -0.15) is 0 Å². The van der Waals surface area contributed by atoms with Crippen molar-refractivity contribution in [3.63, 3.8) is 0 Å². The van der Waals surface area contributed by atoms with Gasteiger partial charge in [0.15, 0.2) is 0 Å². The van der Waals surface area contributed by atoms with E-state index in [1.54, 1.807) is 18.6 Å². The predicted octanol–water partition coefficient (Wildman–Crippen LogP) is 3.56. The zero-order valence-electron chi connectivity index (χ0n) is 16.5. The van der Waals surface area contributed by atoms with Crippen LogP contribution in [0.4, 0.5) is 0 Å². The van der Waals surface area contributed by atoms with Gasteiger partial charge in [-0.05, 0) is 69.1 Å². The SMILES string of the molecule is CC[C@@H](C)N(Cc1ccncc1)C(=O)c1ccc(CCN2CCCC2)nc1. The van der Waals surface area contributed by atoms with Crippen molar-refractivity contribution in [2.75, 3.05) is 19.6 Å². The summed E-state index contributed by atoms with van der Waals surface area (Å²) in [6.45, 7) is 8.26. The van der Waals surface area contributed by atoms with Crippen molar-refractivity contribution >= 4 is 5.91 Å². The molecule has 0 saturated carbocycles. The van der Waals surface area contributed by atoms with E-state index in [-0.39, 0.29) is 11.9 Å². The molecular weight excluding hydrogens is 336 g/mol. The Hall–Kier alpha value is -2.27. The number of hydrogen-bond donors (Lipinski definition) is 0. The molecule has 0 bridgehead atoms. The minimum Gasteiger partial charge on any atom is -0.332 e. The van der Waals surface area contributed by atoms with E-state index in [1.165, 1.54) is 25.9 Å². The molecule has 2 aromatic rings. The van der Waals surface area contributed by atoms with Gasteiger partial charge in [0.2, 0.25) is 0 Å². The smallest absolute Gasteiger partial charge is 0.255 e. The van der Waals surface area contributed by atoms with Crippen molar-refractivity contribution in [1.29, 1.82) is 0 Å². The molecule has 1 amide bonds. The highest BCUT2D eigenvalue weighted by molar-refractivity contribution is 5.94. The first-order valence-corrected chi connectivity index (χ1v) is 10.0. The summed E-state index contributed by atoms with van der Waals surface area (Å²) < 4.78 is 0. The van der Waals surface area contributed by atoms with Gasteiger partial charge in [-0.25, -0.2) is 0 Å². The van der Waals surface area contributed by atoms with Gasteiger partial charge < -0.3 is 9.80 Å². The molecule has 0 aromatic carbocycles. The lowest BCUT2D eigenvalue weighted by Gasteiger charge is -2.29. The maximum absolute atomic E-state index is 13.1. The van der Waals surface area contributed by atoms with E-state index in [4.69, 9.17) is 0 Å². The molecule has 3 heterocycles. The van der Waals surface area contributed by atoms with Gasteiger partial charge in [0.1, 0.15) is 0 Å². The monoisotopic (exact) mass is 366 g/mol. The van der Waals surface area contributed by atoms with Gasteiger partial charge in [0.25, 0.3) is 5.91 Å². The number of carbonyl (C=O) groups excluding carboxylic acids is 1. The van der Waals surface area contributed by atoms with Crippen LogP contribution in [-0.2, 0) is 13.0 Å². The Kier molecular flexibility index (Phi) is 6.93. The third kappa shape index (κ3) is 5.36. The number of pyridine rings is 2. The van der Waals surface area contributed by atoms with Gasteiger partial charge in [-0.1, -0.05) is 6.92 Å². The fraction of sp³-hybridized carbons (Fsp3) is 0.500. The number of rotatable bonds is 8. The second-order valence-corrected chi connectivity index (χ2v) is 7.38. The molecule has 1 fully saturated rings. The minimum atomic E-state index is 0.0414. The molecule has 2 aromatic heterocycles. The maximum atomic E-state index is 13.1. The topological polar surface area (TPSA) is 49.3 Å². The van der Waals surface area contributed by atoms with E-state index < -0.39 is 0 Å². The van der Waals surface area contributed by atoms with Crippen molar-refractivity contribution in [1.82, 2.24) is 19.8 Å². The molecule has 0 unspecified atom stereocenters. The standard InChI is InChI=1S/C22H30N4O/c1-3-18(2)26(17-19-8-11-23-12-9-19)22(27)20-6-7-21(24-16-20)10-15-25-13-4-5-14-25/h6-9,11-12,16,18H,3-5,10,13-15,17H2,1-2H3/t18-/m1/s1. The van der Waals surface area contributed by atoms with Crippen LogP contribution in [0.15, 0.2) is 42.9 Å². The Labute approximate surface area is 162 Å². The fourth-order valence-corrected chi connectivity index (χ4v) is 3.48. The van der Waals surface area contributed by atoms with E-state index in [1.807, 2.05) is 29.2 Å². The van der Waals surface area contributed by atoms with Crippen LogP contribution in [0.1, 0.15) is 54.7 Å². The summed E-state index contributed by atoms with van der Waals surface area (Å²) >= 11 is 0. The molecule has 0 spiro atoms.